The second-order valence-electron chi connectivity index (χ2n) is 6.64. The molecule has 1 heterocycles. The monoisotopic (exact) mass is 421 g/mol. The van der Waals surface area contributed by atoms with Gasteiger partial charge in [0.1, 0.15) is 4.90 Å². The van der Waals surface area contributed by atoms with E-state index in [4.69, 9.17) is 0 Å². The van der Waals surface area contributed by atoms with Gasteiger partial charge >= 0.3 is 0 Å². The summed E-state index contributed by atoms with van der Waals surface area (Å²) >= 11 is 1.30. The Morgan fingerprint density at radius 1 is 1.18 bits per heavy atom. The first-order valence-electron chi connectivity index (χ1n) is 9.16. The molecule has 0 saturated heterocycles. The van der Waals surface area contributed by atoms with E-state index in [1.54, 1.807) is 6.07 Å². The molecule has 0 spiro atoms. The highest BCUT2D eigenvalue weighted by molar-refractivity contribution is 8.00. The molecule has 152 valence electrons. The minimum atomic E-state index is -3.51. The van der Waals surface area contributed by atoms with Crippen LogP contribution in [0.4, 0.5) is 0 Å². The average Bonchev–Trinajstić information content (AvgIpc) is 2.68. The van der Waals surface area contributed by atoms with E-state index in [1.807, 2.05) is 37.3 Å². The molecular weight excluding hydrogens is 394 g/mol. The van der Waals surface area contributed by atoms with Crippen molar-refractivity contribution in [3.05, 3.63) is 54.2 Å². The van der Waals surface area contributed by atoms with Crippen LogP contribution < -0.4 is 5.32 Å². The minimum Gasteiger partial charge on any atom is -0.348 e. The molecule has 1 N–H and O–H groups in total. The molecule has 0 unspecified atom stereocenters. The Morgan fingerprint density at radius 3 is 2.39 bits per heavy atom. The third kappa shape index (κ3) is 5.80. The fraction of sp³-hybridized carbons (Fsp3) is 0.400. The summed E-state index contributed by atoms with van der Waals surface area (Å²) in [6.45, 7) is 3.91. The number of aromatic nitrogens is 1. The zero-order valence-electron chi connectivity index (χ0n) is 16.6. The second-order valence-corrected chi connectivity index (χ2v) is 10.2. The van der Waals surface area contributed by atoms with E-state index in [1.165, 1.54) is 38.1 Å². The maximum absolute atomic E-state index is 12.7. The summed E-state index contributed by atoms with van der Waals surface area (Å²) in [5.74, 6) is -0.0703. The maximum atomic E-state index is 12.7. The normalized spacial score (nSPS) is 13.9. The third-order valence-corrected chi connectivity index (χ3v) is 7.10. The van der Waals surface area contributed by atoms with Crippen molar-refractivity contribution in [3.63, 3.8) is 0 Å². The lowest BCUT2D eigenvalue weighted by molar-refractivity contribution is -0.121. The lowest BCUT2D eigenvalue weighted by atomic mass is 10.0. The summed E-state index contributed by atoms with van der Waals surface area (Å²) in [5.41, 5.74) is 1.09. The fourth-order valence-corrected chi connectivity index (χ4v) is 4.26. The van der Waals surface area contributed by atoms with E-state index in [0.29, 0.717) is 5.03 Å². The number of rotatable bonds is 9. The number of thioether (sulfide) groups is 1. The van der Waals surface area contributed by atoms with Crippen molar-refractivity contribution >= 4 is 27.7 Å². The van der Waals surface area contributed by atoms with Gasteiger partial charge in [0.2, 0.25) is 15.9 Å². The summed E-state index contributed by atoms with van der Waals surface area (Å²) in [6, 6.07) is 13.0. The van der Waals surface area contributed by atoms with Crippen molar-refractivity contribution < 1.29 is 13.2 Å². The number of carbonyl (C=O) groups excluding carboxylic acids is 1. The van der Waals surface area contributed by atoms with Crippen LogP contribution in [0.15, 0.2) is 58.6 Å². The molecule has 0 radical (unpaired) electrons. The second kappa shape index (κ2) is 10.0. The molecule has 8 heteroatoms. The van der Waals surface area contributed by atoms with E-state index < -0.39 is 10.0 Å². The SMILES string of the molecule is CCC[C@@H](NC(=O)[C@@H](C)Sc1ccc(S(=O)(=O)N(C)C)cn1)c1ccccc1. The van der Waals surface area contributed by atoms with Crippen LogP contribution in [0.2, 0.25) is 0 Å². The van der Waals surface area contributed by atoms with Crippen LogP contribution in [0.5, 0.6) is 0 Å². The van der Waals surface area contributed by atoms with Gasteiger partial charge in [0.05, 0.1) is 16.3 Å². The number of pyridine rings is 1. The maximum Gasteiger partial charge on any atom is 0.244 e. The van der Waals surface area contributed by atoms with E-state index >= 15 is 0 Å². The Balaban J connectivity index is 2.03. The smallest absolute Gasteiger partial charge is 0.244 e. The highest BCUT2D eigenvalue weighted by atomic mass is 32.2. The number of amides is 1. The predicted molar refractivity (Wildman–Crippen MR) is 113 cm³/mol. The molecule has 2 atom stereocenters. The van der Waals surface area contributed by atoms with Gasteiger partial charge in [-0.1, -0.05) is 55.4 Å². The zero-order valence-corrected chi connectivity index (χ0v) is 18.3. The van der Waals surface area contributed by atoms with Crippen LogP contribution >= 0.6 is 11.8 Å². The molecule has 6 nitrogen and oxygen atoms in total. The van der Waals surface area contributed by atoms with Crippen molar-refractivity contribution in [1.29, 1.82) is 0 Å². The number of hydrogen-bond acceptors (Lipinski definition) is 5. The standard InChI is InChI=1S/C20H27N3O3S2/c1-5-9-18(16-10-7-6-8-11-16)22-20(24)15(2)27-19-13-12-17(14-21-19)28(25,26)23(3)4/h6-8,10-15,18H,5,9H2,1-4H3,(H,22,24)/t15-,18-/m1/s1. The first-order valence-corrected chi connectivity index (χ1v) is 11.5. The Bertz CT molecular complexity index is 869. The first kappa shape index (κ1) is 22.4. The highest BCUT2D eigenvalue weighted by Gasteiger charge is 2.21. The number of hydrogen-bond donors (Lipinski definition) is 1. The summed E-state index contributed by atoms with van der Waals surface area (Å²) in [4.78, 5) is 17.0. The Labute approximate surface area is 171 Å². The molecule has 0 aliphatic carbocycles. The highest BCUT2D eigenvalue weighted by Crippen LogP contribution is 2.25. The Kier molecular flexibility index (Phi) is 8.03. The van der Waals surface area contributed by atoms with E-state index in [-0.39, 0.29) is 22.1 Å². The first-order chi connectivity index (χ1) is 13.3. The summed E-state index contributed by atoms with van der Waals surface area (Å²) in [5, 5.41) is 3.36. The number of benzene rings is 1. The lowest BCUT2D eigenvalue weighted by Gasteiger charge is -2.21. The average molecular weight is 422 g/mol. The number of carbonyl (C=O) groups is 1. The van der Waals surface area contributed by atoms with Crippen molar-refractivity contribution in [2.45, 2.75) is 47.9 Å². The topological polar surface area (TPSA) is 79.4 Å². The quantitative estimate of drug-likeness (QED) is 0.627. The van der Waals surface area contributed by atoms with Gasteiger partial charge in [-0.3, -0.25) is 4.79 Å². The minimum absolute atomic E-state index is 0.0256. The molecule has 28 heavy (non-hydrogen) atoms. The summed E-state index contributed by atoms with van der Waals surface area (Å²) in [6.07, 6.45) is 3.15. The van der Waals surface area contributed by atoms with Gasteiger partial charge in [-0.05, 0) is 31.0 Å². The molecular formula is C20H27N3O3S2. The molecule has 2 rings (SSSR count). The van der Waals surface area contributed by atoms with Gasteiger partial charge in [0.25, 0.3) is 0 Å². The molecule has 0 bridgehead atoms. The van der Waals surface area contributed by atoms with Crippen LogP contribution in [-0.4, -0.2) is 43.0 Å². The Hall–Kier alpha value is -1.90. The van der Waals surface area contributed by atoms with E-state index in [9.17, 15) is 13.2 Å². The zero-order chi connectivity index (χ0) is 20.7. The van der Waals surface area contributed by atoms with Gasteiger partial charge in [-0.25, -0.2) is 17.7 Å². The van der Waals surface area contributed by atoms with Crippen LogP contribution in [0.3, 0.4) is 0 Å². The van der Waals surface area contributed by atoms with Gasteiger partial charge in [-0.2, -0.15) is 0 Å². The van der Waals surface area contributed by atoms with E-state index in [0.717, 1.165) is 22.7 Å². The van der Waals surface area contributed by atoms with Gasteiger partial charge < -0.3 is 5.32 Å². The fourth-order valence-electron chi connectivity index (χ4n) is 2.62. The summed E-state index contributed by atoms with van der Waals surface area (Å²) in [7, 11) is -0.557. The van der Waals surface area contributed by atoms with Crippen molar-refractivity contribution in [2.75, 3.05) is 14.1 Å². The molecule has 0 saturated carbocycles. The molecule has 2 aromatic rings. The van der Waals surface area contributed by atoms with Crippen LogP contribution in [0.25, 0.3) is 0 Å². The van der Waals surface area contributed by atoms with Crippen LogP contribution in [0.1, 0.15) is 38.3 Å². The number of nitrogens with one attached hydrogen (secondary N) is 1. The van der Waals surface area contributed by atoms with Crippen molar-refractivity contribution in [2.24, 2.45) is 0 Å². The Morgan fingerprint density at radius 2 is 1.86 bits per heavy atom. The van der Waals surface area contributed by atoms with Crippen molar-refractivity contribution in [1.82, 2.24) is 14.6 Å². The number of sulfonamides is 1. The molecule has 0 fully saturated rings. The molecule has 1 amide bonds. The largest absolute Gasteiger partial charge is 0.348 e. The molecule has 1 aromatic heterocycles. The molecule has 0 aliphatic heterocycles. The molecule has 0 aliphatic rings. The lowest BCUT2D eigenvalue weighted by Crippen LogP contribution is -2.34. The predicted octanol–water partition coefficient (Wildman–Crippen LogP) is 3.47. The number of nitrogens with zero attached hydrogens (tertiary/aromatic N) is 2. The van der Waals surface area contributed by atoms with Crippen LogP contribution in [0, 0.1) is 0 Å². The van der Waals surface area contributed by atoms with Crippen LogP contribution in [-0.2, 0) is 14.8 Å². The van der Waals surface area contributed by atoms with Crippen molar-refractivity contribution in [3.8, 4) is 0 Å². The third-order valence-electron chi connectivity index (χ3n) is 4.25. The summed E-state index contributed by atoms with van der Waals surface area (Å²) < 4.78 is 25.4. The van der Waals surface area contributed by atoms with Gasteiger partial charge in [-0.15, -0.1) is 0 Å². The van der Waals surface area contributed by atoms with Gasteiger partial charge in [0.15, 0.2) is 0 Å². The van der Waals surface area contributed by atoms with Gasteiger partial charge in [0, 0.05) is 20.3 Å². The van der Waals surface area contributed by atoms with E-state index in [2.05, 4.69) is 17.2 Å². The molecule has 1 aromatic carbocycles.